The Morgan fingerprint density at radius 1 is 1.22 bits per heavy atom. The predicted molar refractivity (Wildman–Crippen MR) is 86.2 cm³/mol. The Labute approximate surface area is 134 Å². The summed E-state index contributed by atoms with van der Waals surface area (Å²) in [5, 5.41) is 8.50. The lowest BCUT2D eigenvalue weighted by Gasteiger charge is -2.16. The minimum Gasteiger partial charge on any atom is -0.337 e. The first-order valence-corrected chi connectivity index (χ1v) is 7.43. The van der Waals surface area contributed by atoms with Gasteiger partial charge < -0.3 is 4.90 Å². The maximum Gasteiger partial charge on any atom is 0.259 e. The number of aryl methyl sites for hydroxylation is 3. The van der Waals surface area contributed by atoms with Crippen LogP contribution in [0.15, 0.2) is 18.5 Å². The van der Waals surface area contributed by atoms with Crippen molar-refractivity contribution in [1.82, 2.24) is 29.3 Å². The zero-order valence-electron chi connectivity index (χ0n) is 14.0. The van der Waals surface area contributed by atoms with Gasteiger partial charge in [0, 0.05) is 43.3 Å². The lowest BCUT2D eigenvalue weighted by atomic mass is 10.2. The van der Waals surface area contributed by atoms with Crippen LogP contribution in [0.3, 0.4) is 0 Å². The summed E-state index contributed by atoms with van der Waals surface area (Å²) < 4.78 is 3.50. The van der Waals surface area contributed by atoms with Gasteiger partial charge in [0.15, 0.2) is 5.65 Å². The lowest BCUT2D eigenvalue weighted by Crippen LogP contribution is -2.26. The predicted octanol–water partition coefficient (Wildman–Crippen LogP) is 1.66. The monoisotopic (exact) mass is 312 g/mol. The minimum atomic E-state index is -0.0965. The maximum absolute atomic E-state index is 12.8. The standard InChI is InChI=1S/C16H20N6O/c1-10-6-11(2)22-15(19-10)14(8-18-22)16(23)20(4)9-13-7-17-21(5)12(13)3/h6-8H,9H2,1-5H3. The van der Waals surface area contributed by atoms with E-state index in [1.807, 2.05) is 33.9 Å². The quantitative estimate of drug-likeness (QED) is 0.737. The molecule has 0 radical (unpaired) electrons. The molecular formula is C16H20N6O. The van der Waals surface area contributed by atoms with Crippen molar-refractivity contribution in [1.29, 1.82) is 0 Å². The van der Waals surface area contributed by atoms with Gasteiger partial charge in [-0.2, -0.15) is 10.2 Å². The summed E-state index contributed by atoms with van der Waals surface area (Å²) in [5.74, 6) is -0.0965. The summed E-state index contributed by atoms with van der Waals surface area (Å²) in [7, 11) is 3.67. The van der Waals surface area contributed by atoms with Gasteiger partial charge >= 0.3 is 0 Å². The number of rotatable bonds is 3. The fraction of sp³-hybridized carbons (Fsp3) is 0.375. The number of hydrogen-bond acceptors (Lipinski definition) is 4. The molecule has 0 aliphatic heterocycles. The normalized spacial score (nSPS) is 11.2. The second-order valence-electron chi connectivity index (χ2n) is 5.87. The first-order chi connectivity index (χ1) is 10.9. The largest absolute Gasteiger partial charge is 0.337 e. The molecular weight excluding hydrogens is 292 g/mol. The molecule has 0 saturated heterocycles. The molecule has 23 heavy (non-hydrogen) atoms. The maximum atomic E-state index is 12.8. The molecule has 0 spiro atoms. The van der Waals surface area contributed by atoms with Crippen LogP contribution in [0.2, 0.25) is 0 Å². The molecule has 0 unspecified atom stereocenters. The Morgan fingerprint density at radius 3 is 2.61 bits per heavy atom. The summed E-state index contributed by atoms with van der Waals surface area (Å²) in [5.41, 5.74) is 5.02. The molecule has 0 bridgehead atoms. The van der Waals surface area contributed by atoms with Crippen LogP contribution in [0.5, 0.6) is 0 Å². The van der Waals surface area contributed by atoms with Gasteiger partial charge in [-0.15, -0.1) is 0 Å². The van der Waals surface area contributed by atoms with Crippen LogP contribution in [-0.4, -0.2) is 42.2 Å². The van der Waals surface area contributed by atoms with Crippen molar-refractivity contribution in [3.8, 4) is 0 Å². The van der Waals surface area contributed by atoms with Crippen molar-refractivity contribution in [2.45, 2.75) is 27.3 Å². The van der Waals surface area contributed by atoms with Gasteiger partial charge in [0.2, 0.25) is 0 Å². The highest BCUT2D eigenvalue weighted by molar-refractivity contribution is 5.99. The van der Waals surface area contributed by atoms with E-state index in [4.69, 9.17) is 0 Å². The molecule has 0 aromatic carbocycles. The molecule has 3 rings (SSSR count). The van der Waals surface area contributed by atoms with E-state index in [1.54, 1.807) is 33.5 Å². The van der Waals surface area contributed by atoms with Crippen LogP contribution < -0.4 is 0 Å². The minimum absolute atomic E-state index is 0.0965. The van der Waals surface area contributed by atoms with E-state index in [9.17, 15) is 4.79 Å². The Kier molecular flexibility index (Phi) is 3.63. The van der Waals surface area contributed by atoms with Crippen LogP contribution in [0.25, 0.3) is 5.65 Å². The van der Waals surface area contributed by atoms with Crippen molar-refractivity contribution >= 4 is 11.6 Å². The van der Waals surface area contributed by atoms with Gasteiger partial charge in [0.05, 0.1) is 12.4 Å². The molecule has 0 N–H and O–H groups in total. The molecule has 120 valence electrons. The molecule has 0 saturated carbocycles. The Morgan fingerprint density at radius 2 is 1.96 bits per heavy atom. The molecule has 0 aliphatic rings. The summed E-state index contributed by atoms with van der Waals surface area (Å²) >= 11 is 0. The van der Waals surface area contributed by atoms with E-state index < -0.39 is 0 Å². The fourth-order valence-corrected chi connectivity index (χ4v) is 2.65. The van der Waals surface area contributed by atoms with Gasteiger partial charge in [0.25, 0.3) is 5.91 Å². The second kappa shape index (κ2) is 5.49. The molecule has 1 amide bonds. The average molecular weight is 312 g/mol. The van der Waals surface area contributed by atoms with Crippen molar-refractivity contribution in [3.05, 3.63) is 46.7 Å². The third-order valence-corrected chi connectivity index (χ3v) is 4.10. The molecule has 3 heterocycles. The van der Waals surface area contributed by atoms with Crippen LogP contribution in [0.4, 0.5) is 0 Å². The molecule has 0 atom stereocenters. The van der Waals surface area contributed by atoms with Crippen molar-refractivity contribution in [2.75, 3.05) is 7.05 Å². The zero-order chi connectivity index (χ0) is 16.7. The molecule has 7 heteroatoms. The van der Waals surface area contributed by atoms with E-state index in [0.29, 0.717) is 17.8 Å². The number of hydrogen-bond donors (Lipinski definition) is 0. The summed E-state index contributed by atoms with van der Waals surface area (Å²) in [6, 6.07) is 1.94. The third-order valence-electron chi connectivity index (χ3n) is 4.10. The second-order valence-corrected chi connectivity index (χ2v) is 5.87. The van der Waals surface area contributed by atoms with E-state index in [1.165, 1.54) is 0 Å². The SMILES string of the molecule is Cc1cc(C)n2ncc(C(=O)N(C)Cc3cnn(C)c3C)c2n1. The van der Waals surface area contributed by atoms with Crippen LogP contribution in [0.1, 0.15) is 33.0 Å². The van der Waals surface area contributed by atoms with Crippen molar-refractivity contribution in [2.24, 2.45) is 7.05 Å². The van der Waals surface area contributed by atoms with E-state index in [0.717, 1.165) is 22.6 Å². The van der Waals surface area contributed by atoms with Crippen LogP contribution in [-0.2, 0) is 13.6 Å². The van der Waals surface area contributed by atoms with Crippen molar-refractivity contribution in [3.63, 3.8) is 0 Å². The van der Waals surface area contributed by atoms with Crippen LogP contribution in [0, 0.1) is 20.8 Å². The number of nitrogens with zero attached hydrogens (tertiary/aromatic N) is 6. The van der Waals surface area contributed by atoms with Gasteiger partial charge in [-0.1, -0.05) is 0 Å². The third kappa shape index (κ3) is 2.58. The van der Waals surface area contributed by atoms with Gasteiger partial charge in [-0.3, -0.25) is 9.48 Å². The van der Waals surface area contributed by atoms with E-state index >= 15 is 0 Å². The van der Waals surface area contributed by atoms with Crippen LogP contribution >= 0.6 is 0 Å². The molecule has 0 fully saturated rings. The number of aromatic nitrogens is 5. The molecule has 3 aromatic rings. The highest BCUT2D eigenvalue weighted by atomic mass is 16.2. The summed E-state index contributed by atoms with van der Waals surface area (Å²) in [6.07, 6.45) is 3.38. The Hall–Kier alpha value is -2.70. The van der Waals surface area contributed by atoms with Gasteiger partial charge in [0.1, 0.15) is 5.56 Å². The number of carbonyl (C=O) groups is 1. The summed E-state index contributed by atoms with van der Waals surface area (Å²) in [4.78, 5) is 18.9. The van der Waals surface area contributed by atoms with E-state index in [2.05, 4.69) is 15.2 Å². The first-order valence-electron chi connectivity index (χ1n) is 7.43. The van der Waals surface area contributed by atoms with Gasteiger partial charge in [-0.05, 0) is 26.8 Å². The lowest BCUT2D eigenvalue weighted by molar-refractivity contribution is 0.0786. The fourth-order valence-electron chi connectivity index (χ4n) is 2.65. The topological polar surface area (TPSA) is 68.3 Å². The Balaban J connectivity index is 1.92. The smallest absolute Gasteiger partial charge is 0.259 e. The van der Waals surface area contributed by atoms with Crippen molar-refractivity contribution < 1.29 is 4.79 Å². The molecule has 3 aromatic heterocycles. The molecule has 7 nitrogen and oxygen atoms in total. The molecule has 0 aliphatic carbocycles. The zero-order valence-corrected chi connectivity index (χ0v) is 14.0. The highest BCUT2D eigenvalue weighted by Crippen LogP contribution is 2.16. The number of fused-ring (bicyclic) bond motifs is 1. The number of amides is 1. The highest BCUT2D eigenvalue weighted by Gasteiger charge is 2.20. The van der Waals surface area contributed by atoms with E-state index in [-0.39, 0.29) is 5.91 Å². The Bertz CT molecular complexity index is 891. The van der Waals surface area contributed by atoms with Gasteiger partial charge in [-0.25, -0.2) is 9.50 Å². The first kappa shape index (κ1) is 15.2. The average Bonchev–Trinajstić information content (AvgIpc) is 3.05. The summed E-state index contributed by atoms with van der Waals surface area (Å²) in [6.45, 7) is 6.35. The number of carbonyl (C=O) groups excluding carboxylic acids is 1.